The molecule has 0 radical (unpaired) electrons. The number of carbonyl (C=O) groups excluding carboxylic acids is 2. The van der Waals surface area contributed by atoms with Crippen LogP contribution in [0.15, 0.2) is 29.5 Å². The van der Waals surface area contributed by atoms with Crippen LogP contribution in [0.25, 0.3) is 0 Å². The second-order valence-electron chi connectivity index (χ2n) is 6.60. The van der Waals surface area contributed by atoms with E-state index in [2.05, 4.69) is 10.6 Å². The van der Waals surface area contributed by atoms with Crippen LogP contribution in [-0.2, 0) is 9.53 Å². The van der Waals surface area contributed by atoms with Crippen molar-refractivity contribution in [1.82, 2.24) is 10.6 Å². The third-order valence-corrected chi connectivity index (χ3v) is 3.72. The Hall–Kier alpha value is -2.70. The molecule has 2 rings (SSSR count). The molecular weight excluding hydrogens is 336 g/mol. The number of benzene rings is 1. The molecule has 1 heterocycles. The first-order valence-corrected chi connectivity index (χ1v) is 8.56. The highest BCUT2D eigenvalue weighted by atomic mass is 16.5. The smallest absolute Gasteiger partial charge is 0.338 e. The molecule has 26 heavy (non-hydrogen) atoms. The predicted molar refractivity (Wildman–Crippen MR) is 97.1 cm³/mol. The molecule has 1 aliphatic rings. The second kappa shape index (κ2) is 8.12. The average Bonchev–Trinajstić information content (AvgIpc) is 2.53. The fourth-order valence-corrected chi connectivity index (χ4v) is 2.71. The van der Waals surface area contributed by atoms with E-state index in [-0.39, 0.29) is 18.2 Å². The highest BCUT2D eigenvalue weighted by molar-refractivity contribution is 5.95. The molecule has 0 bridgehead atoms. The molecule has 1 atom stereocenters. The SMILES string of the molecule is COc1cc(C2NC(=O)NC(C)=C2C(=O)OC(C)C)ccc1OC(C)C. The lowest BCUT2D eigenvalue weighted by atomic mass is 9.95. The third-order valence-electron chi connectivity index (χ3n) is 3.72. The molecule has 7 nitrogen and oxygen atoms in total. The zero-order valence-corrected chi connectivity index (χ0v) is 16.0. The van der Waals surface area contributed by atoms with Crippen molar-refractivity contribution < 1.29 is 23.8 Å². The van der Waals surface area contributed by atoms with Gasteiger partial charge in [0.1, 0.15) is 0 Å². The minimum absolute atomic E-state index is 0.00736. The Kier molecular flexibility index (Phi) is 6.13. The van der Waals surface area contributed by atoms with Crippen molar-refractivity contribution in [2.45, 2.75) is 52.9 Å². The van der Waals surface area contributed by atoms with Crippen LogP contribution in [0.1, 0.15) is 46.2 Å². The molecule has 0 saturated heterocycles. The molecule has 0 aliphatic carbocycles. The molecule has 0 saturated carbocycles. The molecule has 142 valence electrons. The highest BCUT2D eigenvalue weighted by Crippen LogP contribution is 2.35. The normalized spacial score (nSPS) is 17.1. The van der Waals surface area contributed by atoms with Crippen molar-refractivity contribution in [1.29, 1.82) is 0 Å². The van der Waals surface area contributed by atoms with E-state index in [1.54, 1.807) is 46.1 Å². The molecule has 0 aromatic heterocycles. The topological polar surface area (TPSA) is 85.9 Å². The van der Waals surface area contributed by atoms with E-state index in [0.29, 0.717) is 28.3 Å². The molecule has 2 amide bonds. The minimum atomic E-state index is -0.642. The van der Waals surface area contributed by atoms with Gasteiger partial charge in [-0.05, 0) is 52.3 Å². The molecule has 1 aliphatic heterocycles. The molecule has 1 unspecified atom stereocenters. The Balaban J connectivity index is 2.44. The number of rotatable bonds is 6. The maximum Gasteiger partial charge on any atom is 0.338 e. The van der Waals surface area contributed by atoms with Crippen molar-refractivity contribution in [3.63, 3.8) is 0 Å². The van der Waals surface area contributed by atoms with Crippen molar-refractivity contribution in [2.75, 3.05) is 7.11 Å². The lowest BCUT2D eigenvalue weighted by Crippen LogP contribution is -2.45. The van der Waals surface area contributed by atoms with Crippen LogP contribution in [0.4, 0.5) is 4.79 Å². The van der Waals surface area contributed by atoms with Gasteiger partial charge in [0.25, 0.3) is 0 Å². The summed E-state index contributed by atoms with van der Waals surface area (Å²) in [7, 11) is 1.54. The van der Waals surface area contributed by atoms with Gasteiger partial charge in [-0.15, -0.1) is 0 Å². The summed E-state index contributed by atoms with van der Waals surface area (Å²) < 4.78 is 16.5. The fraction of sp³-hybridized carbons (Fsp3) is 0.474. The summed E-state index contributed by atoms with van der Waals surface area (Å²) in [6.45, 7) is 9.08. The molecule has 2 N–H and O–H groups in total. The van der Waals surface area contributed by atoms with Crippen LogP contribution in [0, 0.1) is 0 Å². The minimum Gasteiger partial charge on any atom is -0.493 e. The van der Waals surface area contributed by atoms with Crippen LogP contribution in [0.3, 0.4) is 0 Å². The zero-order valence-electron chi connectivity index (χ0n) is 16.0. The number of hydrogen-bond acceptors (Lipinski definition) is 5. The van der Waals surface area contributed by atoms with E-state index < -0.39 is 12.0 Å². The first kappa shape index (κ1) is 19.6. The Morgan fingerprint density at radius 2 is 1.81 bits per heavy atom. The summed E-state index contributed by atoms with van der Waals surface area (Å²) in [6.07, 6.45) is -0.274. The van der Waals surface area contributed by atoms with Crippen LogP contribution in [0.2, 0.25) is 0 Å². The van der Waals surface area contributed by atoms with Crippen LogP contribution in [-0.4, -0.2) is 31.3 Å². The van der Waals surface area contributed by atoms with Gasteiger partial charge >= 0.3 is 12.0 Å². The summed E-state index contributed by atoms with van der Waals surface area (Å²) in [4.78, 5) is 24.5. The van der Waals surface area contributed by atoms with Gasteiger partial charge in [-0.3, -0.25) is 0 Å². The number of urea groups is 1. The monoisotopic (exact) mass is 362 g/mol. The Morgan fingerprint density at radius 3 is 2.38 bits per heavy atom. The van der Waals surface area contributed by atoms with E-state index in [0.717, 1.165) is 0 Å². The van der Waals surface area contributed by atoms with Crippen LogP contribution in [0.5, 0.6) is 11.5 Å². The molecular formula is C19H26N2O5. The number of methoxy groups -OCH3 is 1. The van der Waals surface area contributed by atoms with Gasteiger partial charge in [-0.2, -0.15) is 0 Å². The fourth-order valence-electron chi connectivity index (χ4n) is 2.71. The van der Waals surface area contributed by atoms with Crippen LogP contribution >= 0.6 is 0 Å². The van der Waals surface area contributed by atoms with E-state index in [1.807, 2.05) is 13.8 Å². The molecule has 1 aromatic rings. The maximum absolute atomic E-state index is 12.5. The summed E-state index contributed by atoms with van der Waals surface area (Å²) in [5, 5.41) is 5.40. The number of nitrogens with one attached hydrogen (secondary N) is 2. The van der Waals surface area contributed by atoms with Crippen LogP contribution < -0.4 is 20.1 Å². The number of esters is 1. The van der Waals surface area contributed by atoms with Gasteiger partial charge in [-0.1, -0.05) is 6.07 Å². The van der Waals surface area contributed by atoms with E-state index in [4.69, 9.17) is 14.2 Å². The predicted octanol–water partition coefficient (Wildman–Crippen LogP) is 3.06. The lowest BCUT2D eigenvalue weighted by molar-refractivity contribution is -0.143. The largest absolute Gasteiger partial charge is 0.493 e. The molecule has 1 aromatic carbocycles. The van der Waals surface area contributed by atoms with E-state index in [9.17, 15) is 9.59 Å². The molecule has 0 fully saturated rings. The third kappa shape index (κ3) is 4.47. The lowest BCUT2D eigenvalue weighted by Gasteiger charge is -2.29. The van der Waals surface area contributed by atoms with Crippen molar-refractivity contribution >= 4 is 12.0 Å². The molecule has 0 spiro atoms. The van der Waals surface area contributed by atoms with Gasteiger partial charge in [0.05, 0.1) is 30.9 Å². The standard InChI is InChI=1S/C19H26N2O5/c1-10(2)25-14-8-7-13(9-15(14)24-6)17-16(18(22)26-11(3)4)12(5)20-19(23)21-17/h7-11,17H,1-6H3,(H2,20,21,23). The van der Waals surface area contributed by atoms with Gasteiger partial charge in [0, 0.05) is 5.70 Å². The summed E-state index contributed by atoms with van der Waals surface area (Å²) in [6, 6.07) is 4.30. The zero-order chi connectivity index (χ0) is 19.4. The van der Waals surface area contributed by atoms with Crippen molar-refractivity contribution in [3.8, 4) is 11.5 Å². The van der Waals surface area contributed by atoms with Gasteiger partial charge in [-0.25, -0.2) is 9.59 Å². The second-order valence-corrected chi connectivity index (χ2v) is 6.60. The number of ether oxygens (including phenoxy) is 3. The number of carbonyl (C=O) groups is 2. The number of hydrogen-bond donors (Lipinski definition) is 2. The Morgan fingerprint density at radius 1 is 1.12 bits per heavy atom. The number of allylic oxidation sites excluding steroid dienone is 1. The first-order valence-electron chi connectivity index (χ1n) is 8.56. The molecule has 7 heteroatoms. The first-order chi connectivity index (χ1) is 12.2. The Labute approximate surface area is 153 Å². The average molecular weight is 362 g/mol. The summed E-state index contributed by atoms with van der Waals surface area (Å²) in [5.41, 5.74) is 1.52. The number of amides is 2. The quantitative estimate of drug-likeness (QED) is 0.760. The van der Waals surface area contributed by atoms with Gasteiger partial charge < -0.3 is 24.8 Å². The van der Waals surface area contributed by atoms with Gasteiger partial charge in [0.15, 0.2) is 11.5 Å². The van der Waals surface area contributed by atoms with Crippen molar-refractivity contribution in [2.24, 2.45) is 0 Å². The summed E-state index contributed by atoms with van der Waals surface area (Å²) >= 11 is 0. The van der Waals surface area contributed by atoms with Gasteiger partial charge in [0.2, 0.25) is 0 Å². The highest BCUT2D eigenvalue weighted by Gasteiger charge is 2.33. The van der Waals surface area contributed by atoms with Crippen molar-refractivity contribution in [3.05, 3.63) is 35.0 Å². The Bertz CT molecular complexity index is 725. The summed E-state index contributed by atoms with van der Waals surface area (Å²) in [5.74, 6) is 0.646. The maximum atomic E-state index is 12.5. The van der Waals surface area contributed by atoms with E-state index >= 15 is 0 Å². The van der Waals surface area contributed by atoms with E-state index in [1.165, 1.54) is 0 Å².